The summed E-state index contributed by atoms with van der Waals surface area (Å²) < 4.78 is 54.5. The van der Waals surface area contributed by atoms with Crippen molar-refractivity contribution in [3.63, 3.8) is 0 Å². The zero-order chi connectivity index (χ0) is 19.1. The third kappa shape index (κ3) is 3.62. The predicted molar refractivity (Wildman–Crippen MR) is 96.5 cm³/mol. The largest absolute Gasteiger partial charge is 0.300 e. The SMILES string of the molecule is CN1[C@@H]2CC[C@H]1CC(CC(c1ccc(F)c(F)c1)c1ccc(F)c(F)c1)C2. The second-order valence-corrected chi connectivity index (χ2v) is 8.02. The Labute approximate surface area is 157 Å². The average molecular weight is 377 g/mol. The molecule has 0 radical (unpaired) electrons. The Kier molecular flexibility index (Phi) is 4.97. The van der Waals surface area contributed by atoms with Crippen LogP contribution in [0.3, 0.4) is 0 Å². The van der Waals surface area contributed by atoms with Crippen molar-refractivity contribution >= 4 is 0 Å². The molecular formula is C22H23F4N. The number of fused-ring (bicyclic) bond motifs is 2. The van der Waals surface area contributed by atoms with E-state index < -0.39 is 23.3 Å². The summed E-state index contributed by atoms with van der Waals surface area (Å²) in [6.45, 7) is 0. The number of benzene rings is 2. The highest BCUT2D eigenvalue weighted by Crippen LogP contribution is 2.43. The van der Waals surface area contributed by atoms with Crippen LogP contribution in [0.2, 0.25) is 0 Å². The molecule has 3 atom stereocenters. The van der Waals surface area contributed by atoms with E-state index in [9.17, 15) is 17.6 Å². The number of nitrogens with zero attached hydrogens (tertiary/aromatic N) is 1. The highest BCUT2D eigenvalue weighted by Gasteiger charge is 2.39. The fourth-order valence-electron chi connectivity index (χ4n) is 4.97. The summed E-state index contributed by atoms with van der Waals surface area (Å²) in [5.74, 6) is -3.50. The normalized spacial score (nSPS) is 25.3. The summed E-state index contributed by atoms with van der Waals surface area (Å²) in [6.07, 6.45) is 5.21. The summed E-state index contributed by atoms with van der Waals surface area (Å²) in [6, 6.07) is 8.80. The monoisotopic (exact) mass is 377 g/mol. The van der Waals surface area contributed by atoms with E-state index in [1.165, 1.54) is 25.0 Å². The smallest absolute Gasteiger partial charge is 0.159 e. The fourth-order valence-corrected chi connectivity index (χ4v) is 4.97. The van der Waals surface area contributed by atoms with E-state index in [-0.39, 0.29) is 5.92 Å². The summed E-state index contributed by atoms with van der Waals surface area (Å²) in [7, 11) is 2.17. The number of rotatable bonds is 4. The molecule has 1 unspecified atom stereocenters. The molecule has 144 valence electrons. The first kappa shape index (κ1) is 18.5. The van der Waals surface area contributed by atoms with Crippen molar-refractivity contribution < 1.29 is 17.6 Å². The van der Waals surface area contributed by atoms with Gasteiger partial charge in [-0.05, 0) is 80.5 Å². The zero-order valence-corrected chi connectivity index (χ0v) is 15.3. The molecule has 2 bridgehead atoms. The molecule has 0 saturated carbocycles. The lowest BCUT2D eigenvalue weighted by Crippen LogP contribution is -2.40. The lowest BCUT2D eigenvalue weighted by atomic mass is 9.78. The molecule has 2 aromatic rings. The van der Waals surface area contributed by atoms with Gasteiger partial charge in [0.25, 0.3) is 0 Å². The van der Waals surface area contributed by atoms with Gasteiger partial charge in [0, 0.05) is 18.0 Å². The molecule has 27 heavy (non-hydrogen) atoms. The van der Waals surface area contributed by atoms with Gasteiger partial charge in [0.1, 0.15) is 0 Å². The number of hydrogen-bond acceptors (Lipinski definition) is 1. The average Bonchev–Trinajstić information content (AvgIpc) is 2.85. The molecular weight excluding hydrogens is 354 g/mol. The van der Waals surface area contributed by atoms with Gasteiger partial charge >= 0.3 is 0 Å². The molecule has 0 aromatic heterocycles. The van der Waals surface area contributed by atoms with E-state index in [0.29, 0.717) is 29.1 Å². The van der Waals surface area contributed by atoms with Crippen molar-refractivity contribution in [2.75, 3.05) is 7.05 Å². The van der Waals surface area contributed by atoms with Crippen molar-refractivity contribution in [3.8, 4) is 0 Å². The summed E-state index contributed by atoms with van der Waals surface area (Å²) in [5.41, 5.74) is 1.21. The Morgan fingerprint density at radius 1 is 0.815 bits per heavy atom. The predicted octanol–water partition coefficient (Wildman–Crippen LogP) is 5.64. The first-order valence-electron chi connectivity index (χ1n) is 9.54. The number of piperidine rings is 1. The van der Waals surface area contributed by atoms with Gasteiger partial charge in [-0.3, -0.25) is 0 Å². The standard InChI is InChI=1S/C22H23F4N/c1-27-16-4-5-17(27)9-13(8-16)10-18(14-2-6-19(23)21(25)11-14)15-3-7-20(24)22(26)12-15/h2-3,6-7,11-13,16-18H,4-5,8-10H2,1H3/t13?,16-,17+. The molecule has 2 aliphatic rings. The highest BCUT2D eigenvalue weighted by molar-refractivity contribution is 5.34. The third-order valence-corrected chi connectivity index (χ3v) is 6.46. The highest BCUT2D eigenvalue weighted by atomic mass is 19.2. The van der Waals surface area contributed by atoms with Gasteiger partial charge in [-0.15, -0.1) is 0 Å². The molecule has 2 heterocycles. The fraction of sp³-hybridized carbons (Fsp3) is 0.455. The quantitative estimate of drug-likeness (QED) is 0.624. The Bertz CT molecular complexity index is 772. The minimum Gasteiger partial charge on any atom is -0.300 e. The van der Waals surface area contributed by atoms with Gasteiger partial charge in [-0.2, -0.15) is 0 Å². The van der Waals surface area contributed by atoms with Crippen LogP contribution in [-0.4, -0.2) is 24.0 Å². The van der Waals surface area contributed by atoms with Crippen molar-refractivity contribution in [2.45, 2.75) is 50.1 Å². The number of halogens is 4. The molecule has 2 saturated heterocycles. The van der Waals surface area contributed by atoms with Gasteiger partial charge < -0.3 is 4.90 Å². The lowest BCUT2D eigenvalue weighted by Gasteiger charge is -2.38. The minimum absolute atomic E-state index is 0.289. The van der Waals surface area contributed by atoms with Crippen LogP contribution in [-0.2, 0) is 0 Å². The Morgan fingerprint density at radius 3 is 1.74 bits per heavy atom. The van der Waals surface area contributed by atoms with Crippen LogP contribution in [0.15, 0.2) is 36.4 Å². The second-order valence-electron chi connectivity index (χ2n) is 8.02. The van der Waals surface area contributed by atoms with Gasteiger partial charge in [-0.25, -0.2) is 17.6 Å². The first-order chi connectivity index (χ1) is 12.9. The Morgan fingerprint density at radius 2 is 1.30 bits per heavy atom. The number of hydrogen-bond donors (Lipinski definition) is 0. The van der Waals surface area contributed by atoms with Gasteiger partial charge in [0.05, 0.1) is 0 Å². The van der Waals surface area contributed by atoms with E-state index in [1.807, 2.05) is 0 Å². The molecule has 5 heteroatoms. The third-order valence-electron chi connectivity index (χ3n) is 6.46. The maximum atomic E-state index is 13.8. The molecule has 2 fully saturated rings. The summed E-state index contributed by atoms with van der Waals surface area (Å²) in [5, 5.41) is 0. The van der Waals surface area contributed by atoms with Crippen LogP contribution in [0.5, 0.6) is 0 Å². The van der Waals surface area contributed by atoms with Gasteiger partial charge in [0.2, 0.25) is 0 Å². The maximum Gasteiger partial charge on any atom is 0.159 e. The maximum absolute atomic E-state index is 13.8. The van der Waals surface area contributed by atoms with E-state index >= 15 is 0 Å². The molecule has 0 N–H and O–H groups in total. The van der Waals surface area contributed by atoms with Crippen LogP contribution in [0.4, 0.5) is 17.6 Å². The van der Waals surface area contributed by atoms with Gasteiger partial charge in [0.15, 0.2) is 23.3 Å². The van der Waals surface area contributed by atoms with E-state index in [1.54, 1.807) is 12.1 Å². The summed E-state index contributed by atoms with van der Waals surface area (Å²) in [4.78, 5) is 2.45. The Balaban J connectivity index is 1.65. The molecule has 0 amide bonds. The molecule has 2 aromatic carbocycles. The van der Waals surface area contributed by atoms with Crippen LogP contribution < -0.4 is 0 Å². The zero-order valence-electron chi connectivity index (χ0n) is 15.3. The summed E-state index contributed by atoms with van der Waals surface area (Å²) >= 11 is 0. The van der Waals surface area contributed by atoms with Crippen molar-refractivity contribution in [1.82, 2.24) is 4.90 Å². The van der Waals surface area contributed by atoms with Crippen molar-refractivity contribution in [1.29, 1.82) is 0 Å². The van der Waals surface area contributed by atoms with Crippen LogP contribution in [0, 0.1) is 29.2 Å². The Hall–Kier alpha value is -1.88. The van der Waals surface area contributed by atoms with E-state index in [4.69, 9.17) is 0 Å². The van der Waals surface area contributed by atoms with Crippen molar-refractivity contribution in [3.05, 3.63) is 70.8 Å². The van der Waals surface area contributed by atoms with E-state index in [0.717, 1.165) is 31.4 Å². The first-order valence-corrected chi connectivity index (χ1v) is 9.54. The van der Waals surface area contributed by atoms with Crippen LogP contribution in [0.1, 0.15) is 49.1 Å². The van der Waals surface area contributed by atoms with Gasteiger partial charge in [-0.1, -0.05) is 12.1 Å². The molecule has 2 aliphatic heterocycles. The van der Waals surface area contributed by atoms with Crippen LogP contribution >= 0.6 is 0 Å². The molecule has 4 rings (SSSR count). The van der Waals surface area contributed by atoms with Crippen LogP contribution in [0.25, 0.3) is 0 Å². The minimum atomic E-state index is -0.913. The van der Waals surface area contributed by atoms with Crippen molar-refractivity contribution in [2.24, 2.45) is 5.92 Å². The lowest BCUT2D eigenvalue weighted by molar-refractivity contribution is 0.127. The molecule has 0 aliphatic carbocycles. The topological polar surface area (TPSA) is 3.24 Å². The van der Waals surface area contributed by atoms with E-state index in [2.05, 4.69) is 11.9 Å². The second kappa shape index (κ2) is 7.27. The molecule has 0 spiro atoms. The molecule has 1 nitrogen and oxygen atoms in total.